The van der Waals surface area contributed by atoms with Gasteiger partial charge in [-0.3, -0.25) is 9.36 Å². The van der Waals surface area contributed by atoms with E-state index in [1.807, 2.05) is 12.1 Å². The van der Waals surface area contributed by atoms with E-state index >= 15 is 0 Å². The van der Waals surface area contributed by atoms with Gasteiger partial charge in [0, 0.05) is 0 Å². The van der Waals surface area contributed by atoms with Gasteiger partial charge in [0.15, 0.2) is 16.3 Å². The van der Waals surface area contributed by atoms with Crippen LogP contribution < -0.4 is 29.1 Å². The third-order valence-corrected chi connectivity index (χ3v) is 8.12. The van der Waals surface area contributed by atoms with Gasteiger partial charge in [-0.2, -0.15) is 0 Å². The Labute approximate surface area is 268 Å². The Hall–Kier alpha value is -5.42. The first-order chi connectivity index (χ1) is 22.2. The maximum Gasteiger partial charge on any atom is 0.338 e. The number of thiazole rings is 1. The number of ether oxygens (including phenoxy) is 4. The summed E-state index contributed by atoms with van der Waals surface area (Å²) in [5, 5.41) is 9.26. The maximum atomic E-state index is 14.0. The van der Waals surface area contributed by atoms with E-state index in [9.17, 15) is 19.5 Å². The van der Waals surface area contributed by atoms with Crippen LogP contribution in [0.15, 0.2) is 100 Å². The Balaban J connectivity index is 1.50. The number of nitrogens with zero attached hydrogens (tertiary/aromatic N) is 2. The lowest BCUT2D eigenvalue weighted by molar-refractivity contribution is -0.139. The van der Waals surface area contributed by atoms with Crippen molar-refractivity contribution in [2.75, 3.05) is 20.3 Å². The van der Waals surface area contributed by atoms with E-state index in [1.165, 1.54) is 29.1 Å². The molecule has 1 aliphatic rings. The first kappa shape index (κ1) is 32.0. The quantitative estimate of drug-likeness (QED) is 0.175. The number of hydrogen-bond donors (Lipinski definition) is 1. The number of allylic oxidation sites excluding steroid dienone is 1. The zero-order valence-corrected chi connectivity index (χ0v) is 26.3. The predicted molar refractivity (Wildman–Crippen MR) is 173 cm³/mol. The van der Waals surface area contributed by atoms with Crippen LogP contribution in [0.3, 0.4) is 0 Å². The number of hydrogen-bond acceptors (Lipinski definition) is 9. The van der Waals surface area contributed by atoms with E-state index in [-0.39, 0.29) is 29.9 Å². The van der Waals surface area contributed by atoms with Crippen molar-refractivity contribution in [2.24, 2.45) is 4.99 Å². The fourth-order valence-corrected chi connectivity index (χ4v) is 6.05. The molecule has 0 spiro atoms. The van der Waals surface area contributed by atoms with Gasteiger partial charge in [0.05, 0.1) is 41.1 Å². The summed E-state index contributed by atoms with van der Waals surface area (Å²) in [7, 11) is 1.51. The van der Waals surface area contributed by atoms with Crippen molar-refractivity contribution >= 4 is 29.4 Å². The van der Waals surface area contributed by atoms with Crippen molar-refractivity contribution in [3.63, 3.8) is 0 Å². The van der Waals surface area contributed by atoms with Crippen molar-refractivity contribution in [3.05, 3.63) is 133 Å². The fraction of sp³-hybridized carbons (Fsp3) is 0.200. The first-order valence-electron chi connectivity index (χ1n) is 14.4. The molecule has 1 N–H and O–H groups in total. The molecule has 11 heteroatoms. The molecule has 1 aliphatic heterocycles. The predicted octanol–water partition coefficient (Wildman–Crippen LogP) is 4.65. The minimum atomic E-state index is -1.01. The van der Waals surface area contributed by atoms with E-state index < -0.39 is 18.0 Å². The molecule has 4 aromatic rings. The van der Waals surface area contributed by atoms with Crippen LogP contribution in [-0.4, -0.2) is 41.9 Å². The van der Waals surface area contributed by atoms with Crippen molar-refractivity contribution in [1.29, 1.82) is 0 Å². The maximum absolute atomic E-state index is 14.0. The van der Waals surface area contributed by atoms with Crippen LogP contribution in [0.2, 0.25) is 0 Å². The monoisotopic (exact) mass is 640 g/mol. The number of fused-ring (bicyclic) bond motifs is 1. The number of rotatable bonds is 12. The molecule has 0 unspecified atom stereocenters. The Bertz CT molecular complexity index is 2010. The standard InChI is InChI=1S/C35H32N2O8S/c1-5-16-44-26-13-11-24(12-14-26)31-30(34(41)43-6-2)21(3)36-35-37(31)32(38)29(46-35)19-22-10-15-27(28(18-22)42-4)45-20-23-8-7-9-25(17-23)33(39)40/h5,7-15,17-19,31H,1,6,16,20H2,2-4H3,(H,39,40)/b29-19-/t31-/m0/s1. The molecule has 3 aromatic carbocycles. The molecule has 10 nitrogen and oxygen atoms in total. The zero-order valence-electron chi connectivity index (χ0n) is 25.5. The summed E-state index contributed by atoms with van der Waals surface area (Å²) in [6.07, 6.45) is 3.38. The Kier molecular flexibility index (Phi) is 9.82. The van der Waals surface area contributed by atoms with Gasteiger partial charge in [-0.1, -0.05) is 54.3 Å². The minimum Gasteiger partial charge on any atom is -0.493 e. The molecule has 0 bridgehead atoms. The Morgan fingerprint density at radius 1 is 1.07 bits per heavy atom. The lowest BCUT2D eigenvalue weighted by Crippen LogP contribution is -2.39. The minimum absolute atomic E-state index is 0.138. The SMILES string of the molecule is C=CCOc1ccc([C@H]2C(C(=O)OCC)=C(C)N=c3s/c(=C\c4ccc(OCc5cccc(C(=O)O)c5)c(OC)c4)c(=O)n32)cc1. The number of esters is 1. The van der Waals surface area contributed by atoms with Crippen molar-refractivity contribution in [1.82, 2.24) is 4.57 Å². The largest absolute Gasteiger partial charge is 0.493 e. The summed E-state index contributed by atoms with van der Waals surface area (Å²) in [6.45, 7) is 7.79. The second-order valence-electron chi connectivity index (χ2n) is 10.2. The summed E-state index contributed by atoms with van der Waals surface area (Å²) >= 11 is 1.22. The Morgan fingerprint density at radius 3 is 2.54 bits per heavy atom. The van der Waals surface area contributed by atoms with Crippen LogP contribution in [-0.2, 0) is 16.1 Å². The smallest absolute Gasteiger partial charge is 0.338 e. The number of carboxylic acid groups (broad SMARTS) is 1. The molecule has 46 heavy (non-hydrogen) atoms. The highest BCUT2D eigenvalue weighted by Crippen LogP contribution is 2.32. The van der Waals surface area contributed by atoms with Gasteiger partial charge in [-0.25, -0.2) is 14.6 Å². The Morgan fingerprint density at radius 2 is 1.85 bits per heavy atom. The van der Waals surface area contributed by atoms with E-state index in [4.69, 9.17) is 18.9 Å². The van der Waals surface area contributed by atoms with Gasteiger partial charge in [0.2, 0.25) is 0 Å². The number of aromatic carboxylic acids is 1. The van der Waals surface area contributed by atoms with Crippen LogP contribution in [0.5, 0.6) is 17.2 Å². The molecule has 0 amide bonds. The number of aromatic nitrogens is 1. The van der Waals surface area contributed by atoms with Crippen LogP contribution >= 0.6 is 11.3 Å². The van der Waals surface area contributed by atoms with Gasteiger partial charge < -0.3 is 24.1 Å². The number of carboxylic acids is 1. The number of methoxy groups -OCH3 is 1. The van der Waals surface area contributed by atoms with Gasteiger partial charge in [-0.15, -0.1) is 0 Å². The number of benzene rings is 3. The van der Waals surface area contributed by atoms with Crippen molar-refractivity contribution in [3.8, 4) is 17.2 Å². The highest BCUT2D eigenvalue weighted by Gasteiger charge is 2.33. The molecule has 0 aliphatic carbocycles. The van der Waals surface area contributed by atoms with Crippen molar-refractivity contribution in [2.45, 2.75) is 26.5 Å². The molecule has 1 atom stereocenters. The van der Waals surface area contributed by atoms with E-state index in [0.717, 1.165) is 0 Å². The van der Waals surface area contributed by atoms with Crippen LogP contribution in [0.1, 0.15) is 46.9 Å². The molecule has 1 aromatic heterocycles. The summed E-state index contributed by atoms with van der Waals surface area (Å²) in [5.74, 6) is -0.0286. The van der Waals surface area contributed by atoms with Crippen LogP contribution in [0.25, 0.3) is 6.08 Å². The average Bonchev–Trinajstić information content (AvgIpc) is 3.36. The molecular weight excluding hydrogens is 608 g/mol. The molecule has 2 heterocycles. The highest BCUT2D eigenvalue weighted by atomic mass is 32.1. The lowest BCUT2D eigenvalue weighted by Gasteiger charge is -2.24. The molecule has 236 valence electrons. The van der Waals surface area contributed by atoms with E-state index in [0.29, 0.717) is 55.6 Å². The molecule has 0 saturated carbocycles. The zero-order chi connectivity index (χ0) is 32.8. The number of carbonyl (C=O) groups is 2. The second kappa shape index (κ2) is 14.1. The summed E-state index contributed by atoms with van der Waals surface area (Å²) in [6, 6.07) is 18.2. The van der Waals surface area contributed by atoms with Gasteiger partial charge in [-0.05, 0) is 73.0 Å². The average molecular weight is 641 g/mol. The summed E-state index contributed by atoms with van der Waals surface area (Å²) in [4.78, 5) is 43.5. The normalized spacial score (nSPS) is 14.2. The van der Waals surface area contributed by atoms with Crippen LogP contribution in [0.4, 0.5) is 0 Å². The second-order valence-corrected chi connectivity index (χ2v) is 11.2. The summed E-state index contributed by atoms with van der Waals surface area (Å²) in [5.41, 5.74) is 2.70. The third kappa shape index (κ3) is 6.79. The third-order valence-electron chi connectivity index (χ3n) is 7.13. The molecular formula is C35H32N2O8S. The van der Waals surface area contributed by atoms with Gasteiger partial charge in [0.25, 0.3) is 5.56 Å². The van der Waals surface area contributed by atoms with E-state index in [2.05, 4.69) is 11.6 Å². The highest BCUT2D eigenvalue weighted by molar-refractivity contribution is 7.07. The molecule has 5 rings (SSSR count). The number of carbonyl (C=O) groups excluding carboxylic acids is 1. The van der Waals surface area contributed by atoms with Crippen molar-refractivity contribution < 1.29 is 33.6 Å². The summed E-state index contributed by atoms with van der Waals surface area (Å²) < 4.78 is 24.4. The lowest BCUT2D eigenvalue weighted by atomic mass is 9.96. The molecule has 0 saturated heterocycles. The fourth-order valence-electron chi connectivity index (χ4n) is 5.01. The molecule has 0 fully saturated rings. The van der Waals surface area contributed by atoms with E-state index in [1.54, 1.807) is 74.5 Å². The topological polar surface area (TPSA) is 126 Å². The van der Waals surface area contributed by atoms with Gasteiger partial charge in [0.1, 0.15) is 19.0 Å². The molecule has 0 radical (unpaired) electrons. The van der Waals surface area contributed by atoms with Gasteiger partial charge >= 0.3 is 11.9 Å². The first-order valence-corrected chi connectivity index (χ1v) is 15.2. The van der Waals surface area contributed by atoms with Crippen LogP contribution in [0, 0.1) is 0 Å².